The van der Waals surface area contributed by atoms with Gasteiger partial charge in [0, 0.05) is 12.1 Å². The Hall–Kier alpha value is -2.18. The fraction of sp³-hybridized carbons (Fsp3) is 0.500. The van der Waals surface area contributed by atoms with Crippen LogP contribution in [0.4, 0.5) is 11.5 Å². The molecule has 0 spiro atoms. The number of rotatable bonds is 6. The molecule has 7 nitrogen and oxygen atoms in total. The number of nitrogens with zero attached hydrogens (tertiary/aromatic N) is 3. The van der Waals surface area contributed by atoms with Crippen molar-refractivity contribution in [3.05, 3.63) is 28.4 Å². The Kier molecular flexibility index (Phi) is 3.94. The topological polar surface area (TPSA) is 85.6 Å². The van der Waals surface area contributed by atoms with E-state index in [9.17, 15) is 14.9 Å². The van der Waals surface area contributed by atoms with Gasteiger partial charge in [0.1, 0.15) is 18.6 Å². The van der Waals surface area contributed by atoms with Crippen molar-refractivity contribution in [1.82, 2.24) is 4.98 Å². The van der Waals surface area contributed by atoms with Crippen molar-refractivity contribution in [2.75, 3.05) is 18.1 Å². The SMILES string of the molecule is CCOC(=O)CN(c1ccc([N+](=O)[O-])cn1)C1CC1. The van der Waals surface area contributed by atoms with Gasteiger partial charge in [-0.3, -0.25) is 14.9 Å². The fourth-order valence-corrected chi connectivity index (χ4v) is 1.79. The van der Waals surface area contributed by atoms with Gasteiger partial charge in [0.15, 0.2) is 0 Å². The van der Waals surface area contributed by atoms with E-state index in [1.807, 2.05) is 4.90 Å². The van der Waals surface area contributed by atoms with E-state index in [4.69, 9.17) is 4.74 Å². The van der Waals surface area contributed by atoms with Crippen molar-refractivity contribution in [3.8, 4) is 0 Å². The lowest BCUT2D eigenvalue weighted by Crippen LogP contribution is -2.33. The van der Waals surface area contributed by atoms with Crippen LogP contribution in [0.15, 0.2) is 18.3 Å². The highest BCUT2D eigenvalue weighted by atomic mass is 16.6. The van der Waals surface area contributed by atoms with Gasteiger partial charge < -0.3 is 9.64 Å². The molecule has 7 heteroatoms. The van der Waals surface area contributed by atoms with E-state index in [1.54, 1.807) is 13.0 Å². The zero-order valence-electron chi connectivity index (χ0n) is 10.6. The maximum absolute atomic E-state index is 11.5. The first kappa shape index (κ1) is 13.3. The number of carbonyl (C=O) groups is 1. The summed E-state index contributed by atoms with van der Waals surface area (Å²) in [5, 5.41) is 10.6. The lowest BCUT2D eigenvalue weighted by atomic mass is 10.3. The number of carbonyl (C=O) groups excluding carboxylic acids is 1. The van der Waals surface area contributed by atoms with E-state index in [0.717, 1.165) is 12.8 Å². The van der Waals surface area contributed by atoms with Crippen molar-refractivity contribution >= 4 is 17.5 Å². The molecule has 1 aliphatic rings. The van der Waals surface area contributed by atoms with Crippen molar-refractivity contribution < 1.29 is 14.5 Å². The zero-order chi connectivity index (χ0) is 13.8. The smallest absolute Gasteiger partial charge is 0.325 e. The largest absolute Gasteiger partial charge is 0.465 e. The molecule has 0 bridgehead atoms. The normalized spacial score (nSPS) is 13.9. The number of ether oxygens (including phenoxy) is 1. The monoisotopic (exact) mass is 265 g/mol. The van der Waals surface area contributed by atoms with Crippen LogP contribution in [0, 0.1) is 10.1 Å². The molecule has 0 saturated heterocycles. The summed E-state index contributed by atoms with van der Waals surface area (Å²) in [4.78, 5) is 27.5. The maximum Gasteiger partial charge on any atom is 0.325 e. The number of hydrogen-bond donors (Lipinski definition) is 0. The summed E-state index contributed by atoms with van der Waals surface area (Å²) in [6, 6.07) is 3.23. The Morgan fingerprint density at radius 2 is 2.32 bits per heavy atom. The molecular weight excluding hydrogens is 250 g/mol. The number of aromatic nitrogens is 1. The maximum atomic E-state index is 11.5. The molecule has 1 aromatic rings. The third-order valence-corrected chi connectivity index (χ3v) is 2.83. The summed E-state index contributed by atoms with van der Waals surface area (Å²) in [6.07, 6.45) is 3.20. The summed E-state index contributed by atoms with van der Waals surface area (Å²) in [5.41, 5.74) is -0.0596. The van der Waals surface area contributed by atoms with E-state index in [1.165, 1.54) is 12.3 Å². The summed E-state index contributed by atoms with van der Waals surface area (Å²) in [5.74, 6) is 0.260. The molecule has 1 aromatic heterocycles. The molecule has 1 fully saturated rings. The molecule has 1 aliphatic carbocycles. The van der Waals surface area contributed by atoms with Crippen molar-refractivity contribution in [2.45, 2.75) is 25.8 Å². The Morgan fingerprint density at radius 1 is 1.58 bits per heavy atom. The molecule has 0 N–H and O–H groups in total. The minimum absolute atomic E-state index is 0.0596. The van der Waals surface area contributed by atoms with Gasteiger partial charge in [-0.2, -0.15) is 0 Å². The van der Waals surface area contributed by atoms with E-state index in [0.29, 0.717) is 12.4 Å². The molecule has 0 atom stereocenters. The minimum atomic E-state index is -0.496. The Labute approximate surface area is 110 Å². The number of anilines is 1. The Morgan fingerprint density at radius 3 is 2.79 bits per heavy atom. The van der Waals surface area contributed by atoms with Gasteiger partial charge in [-0.15, -0.1) is 0 Å². The molecule has 1 heterocycles. The number of pyridine rings is 1. The third kappa shape index (κ3) is 3.40. The molecule has 0 amide bonds. The molecule has 19 heavy (non-hydrogen) atoms. The Bertz CT molecular complexity index is 470. The van der Waals surface area contributed by atoms with Gasteiger partial charge in [-0.1, -0.05) is 0 Å². The van der Waals surface area contributed by atoms with E-state index in [2.05, 4.69) is 4.98 Å². The van der Waals surface area contributed by atoms with Gasteiger partial charge in [-0.05, 0) is 25.8 Å². The average molecular weight is 265 g/mol. The molecule has 0 radical (unpaired) electrons. The first-order valence-electron chi connectivity index (χ1n) is 6.14. The first-order valence-corrected chi connectivity index (χ1v) is 6.14. The van der Waals surface area contributed by atoms with Crippen LogP contribution in [0.2, 0.25) is 0 Å². The van der Waals surface area contributed by atoms with Gasteiger partial charge in [0.25, 0.3) is 5.69 Å². The molecule has 2 rings (SSSR count). The summed E-state index contributed by atoms with van der Waals surface area (Å²) < 4.78 is 4.92. The zero-order valence-corrected chi connectivity index (χ0v) is 10.6. The number of nitro groups is 1. The second-order valence-corrected chi connectivity index (χ2v) is 4.30. The lowest BCUT2D eigenvalue weighted by molar-refractivity contribution is -0.385. The third-order valence-electron chi connectivity index (χ3n) is 2.83. The van der Waals surface area contributed by atoms with E-state index in [-0.39, 0.29) is 24.2 Å². The molecule has 1 saturated carbocycles. The van der Waals surface area contributed by atoms with Crippen molar-refractivity contribution in [2.24, 2.45) is 0 Å². The molecule has 0 aromatic carbocycles. The highest BCUT2D eigenvalue weighted by molar-refractivity contribution is 5.75. The van der Waals surface area contributed by atoms with Crippen LogP contribution in [-0.2, 0) is 9.53 Å². The van der Waals surface area contributed by atoms with Crippen LogP contribution in [0.1, 0.15) is 19.8 Å². The molecule has 0 aliphatic heterocycles. The van der Waals surface area contributed by atoms with Gasteiger partial charge in [-0.25, -0.2) is 4.98 Å². The van der Waals surface area contributed by atoms with E-state index < -0.39 is 4.92 Å². The standard InChI is InChI=1S/C12H15N3O4/c1-2-19-12(16)8-14(9-3-4-9)11-6-5-10(7-13-11)15(17)18/h5-7,9H,2-4,8H2,1H3. The summed E-state index contributed by atoms with van der Waals surface area (Å²) in [6.45, 7) is 2.22. The van der Waals surface area contributed by atoms with Crippen LogP contribution in [0.5, 0.6) is 0 Å². The fourth-order valence-electron chi connectivity index (χ4n) is 1.79. The number of hydrogen-bond acceptors (Lipinski definition) is 6. The lowest BCUT2D eigenvalue weighted by Gasteiger charge is -2.21. The van der Waals surface area contributed by atoms with Crippen LogP contribution >= 0.6 is 0 Å². The molecule has 0 unspecified atom stereocenters. The van der Waals surface area contributed by atoms with Crippen LogP contribution < -0.4 is 4.90 Å². The second-order valence-electron chi connectivity index (χ2n) is 4.30. The highest BCUT2D eigenvalue weighted by Crippen LogP contribution is 2.30. The van der Waals surface area contributed by atoms with Gasteiger partial charge in [0.2, 0.25) is 0 Å². The van der Waals surface area contributed by atoms with Crippen LogP contribution in [-0.4, -0.2) is 35.1 Å². The van der Waals surface area contributed by atoms with Gasteiger partial charge >= 0.3 is 5.97 Å². The van der Waals surface area contributed by atoms with Crippen LogP contribution in [0.25, 0.3) is 0 Å². The summed E-state index contributed by atoms with van der Waals surface area (Å²) >= 11 is 0. The predicted molar refractivity (Wildman–Crippen MR) is 67.9 cm³/mol. The predicted octanol–water partition coefficient (Wildman–Crippen LogP) is 1.52. The van der Waals surface area contributed by atoms with Gasteiger partial charge in [0.05, 0.1) is 11.5 Å². The van der Waals surface area contributed by atoms with E-state index >= 15 is 0 Å². The van der Waals surface area contributed by atoms with Crippen LogP contribution in [0.3, 0.4) is 0 Å². The Balaban J connectivity index is 2.10. The quantitative estimate of drug-likeness (QED) is 0.440. The molecule has 102 valence electrons. The minimum Gasteiger partial charge on any atom is -0.465 e. The number of esters is 1. The first-order chi connectivity index (χ1) is 9.11. The summed E-state index contributed by atoms with van der Waals surface area (Å²) in [7, 11) is 0. The van der Waals surface area contributed by atoms with Crippen molar-refractivity contribution in [1.29, 1.82) is 0 Å². The highest BCUT2D eigenvalue weighted by Gasteiger charge is 2.31. The van der Waals surface area contributed by atoms with Crippen molar-refractivity contribution in [3.63, 3.8) is 0 Å². The second kappa shape index (κ2) is 5.64. The average Bonchev–Trinajstić information content (AvgIpc) is 3.21. The molecular formula is C12H15N3O4.